The number of aromatic nitrogens is 3. The number of nitrogens with one attached hydrogen (secondary N) is 3. The molecule has 13 heteroatoms. The Kier molecular flexibility index (Phi) is 8.77. The first kappa shape index (κ1) is 28.5. The van der Waals surface area contributed by atoms with Crippen LogP contribution in [0.4, 0.5) is 11.8 Å². The molecule has 2 heterocycles. The Labute approximate surface area is 234 Å². The first-order chi connectivity index (χ1) is 19.6. The van der Waals surface area contributed by atoms with E-state index >= 15 is 0 Å². The molecule has 9 N–H and O–H groups in total. The van der Waals surface area contributed by atoms with Gasteiger partial charge in [0.15, 0.2) is 0 Å². The number of carbonyl (C=O) groups excluding carboxylic acids is 2. The molecule has 0 bridgehead atoms. The summed E-state index contributed by atoms with van der Waals surface area (Å²) in [5.41, 5.74) is 14.8. The molecule has 0 saturated carbocycles. The lowest BCUT2D eigenvalue weighted by Crippen LogP contribution is -2.41. The zero-order valence-electron chi connectivity index (χ0n) is 21.9. The Balaban J connectivity index is 1.25. The molecule has 0 saturated heterocycles. The molecule has 0 radical (unpaired) electrons. The zero-order chi connectivity index (χ0) is 29.5. The number of anilines is 2. The van der Waals surface area contributed by atoms with Crippen molar-refractivity contribution in [3.63, 3.8) is 0 Å². The van der Waals surface area contributed by atoms with Gasteiger partial charge < -0.3 is 37.3 Å². The van der Waals surface area contributed by atoms with E-state index in [1.54, 1.807) is 24.3 Å². The fourth-order valence-electron chi connectivity index (χ4n) is 4.32. The fourth-order valence-corrected chi connectivity index (χ4v) is 4.32. The number of aryl methyl sites for hydroxylation is 2. The summed E-state index contributed by atoms with van der Waals surface area (Å²) in [4.78, 5) is 58.8. The minimum Gasteiger partial charge on any atom is -0.480 e. The number of hydrogen-bond donors (Lipinski definition) is 7. The van der Waals surface area contributed by atoms with Crippen molar-refractivity contribution in [3.8, 4) is 0 Å². The van der Waals surface area contributed by atoms with Gasteiger partial charge in [-0.1, -0.05) is 12.1 Å². The number of carboxylic acid groups (broad SMARTS) is 2. The fraction of sp³-hybridized carbons (Fsp3) is 0.214. The smallest absolute Gasteiger partial charge is 0.335 e. The summed E-state index contributed by atoms with van der Waals surface area (Å²) in [6.45, 7) is 0.176. The molecule has 13 nitrogen and oxygen atoms in total. The van der Waals surface area contributed by atoms with E-state index in [1.807, 2.05) is 6.20 Å². The molecular formula is C28H29N7O6. The summed E-state index contributed by atoms with van der Waals surface area (Å²) in [5.74, 6) is -2.82. The monoisotopic (exact) mass is 559 g/mol. The third kappa shape index (κ3) is 7.15. The van der Waals surface area contributed by atoms with Crippen LogP contribution in [0.2, 0.25) is 0 Å². The van der Waals surface area contributed by atoms with Gasteiger partial charge in [-0.3, -0.25) is 9.59 Å². The van der Waals surface area contributed by atoms with E-state index in [2.05, 4.69) is 25.6 Å². The van der Waals surface area contributed by atoms with Crippen LogP contribution in [0.15, 0.2) is 54.7 Å². The third-order valence-corrected chi connectivity index (χ3v) is 6.51. The maximum Gasteiger partial charge on any atom is 0.335 e. The number of amides is 2. The van der Waals surface area contributed by atoms with Crippen molar-refractivity contribution in [2.24, 2.45) is 0 Å². The van der Waals surface area contributed by atoms with Crippen LogP contribution in [0.3, 0.4) is 0 Å². The highest BCUT2D eigenvalue weighted by molar-refractivity contribution is 5.97. The average molecular weight is 560 g/mol. The Morgan fingerprint density at radius 1 is 0.854 bits per heavy atom. The third-order valence-electron chi connectivity index (χ3n) is 6.51. The van der Waals surface area contributed by atoms with E-state index in [1.165, 1.54) is 24.3 Å². The van der Waals surface area contributed by atoms with Gasteiger partial charge in [0.25, 0.3) is 11.8 Å². The first-order valence-electron chi connectivity index (χ1n) is 12.8. The van der Waals surface area contributed by atoms with E-state index < -0.39 is 29.8 Å². The summed E-state index contributed by atoms with van der Waals surface area (Å²) in [7, 11) is 0. The maximum atomic E-state index is 12.7. The van der Waals surface area contributed by atoms with Gasteiger partial charge in [0, 0.05) is 23.9 Å². The number of benzene rings is 2. The molecule has 0 fully saturated rings. The van der Waals surface area contributed by atoms with Gasteiger partial charge in [-0.2, -0.15) is 9.97 Å². The second-order valence-electron chi connectivity index (χ2n) is 9.35. The van der Waals surface area contributed by atoms with Crippen molar-refractivity contribution in [1.29, 1.82) is 0 Å². The van der Waals surface area contributed by atoms with E-state index in [0.29, 0.717) is 36.3 Å². The number of nitrogens with zero attached hydrogens (tertiary/aromatic N) is 2. The Hall–Kier alpha value is -5.46. The number of aromatic amines is 1. The molecule has 0 aliphatic heterocycles. The number of hydrogen-bond acceptors (Lipinski definition) is 8. The molecule has 0 aliphatic rings. The Morgan fingerprint density at radius 3 is 2.15 bits per heavy atom. The molecule has 2 amide bonds. The van der Waals surface area contributed by atoms with E-state index in [-0.39, 0.29) is 30.0 Å². The molecule has 0 spiro atoms. The predicted molar refractivity (Wildman–Crippen MR) is 150 cm³/mol. The second kappa shape index (κ2) is 12.6. The lowest BCUT2D eigenvalue weighted by atomic mass is 10.0. The number of carbonyl (C=O) groups is 4. The highest BCUT2D eigenvalue weighted by atomic mass is 16.4. The average Bonchev–Trinajstić information content (AvgIpc) is 3.36. The van der Waals surface area contributed by atoms with Crippen LogP contribution in [0.5, 0.6) is 0 Å². The molecule has 1 atom stereocenters. The van der Waals surface area contributed by atoms with Crippen molar-refractivity contribution < 1.29 is 29.4 Å². The SMILES string of the molecule is Nc1nc(N)c2c(CCc3ccc(C(=O)N[C@@H](CCCNC(=O)c4ccc(C(=O)O)cc4)C(=O)O)cc3)c[nH]c2n1. The number of aliphatic carboxylic acids is 1. The summed E-state index contributed by atoms with van der Waals surface area (Å²) in [5, 5.41) is 24.4. The van der Waals surface area contributed by atoms with Gasteiger partial charge in [0.05, 0.1) is 10.9 Å². The number of carboxylic acids is 2. The van der Waals surface area contributed by atoms with Crippen LogP contribution >= 0.6 is 0 Å². The summed E-state index contributed by atoms with van der Waals surface area (Å²) < 4.78 is 0. The van der Waals surface area contributed by atoms with Crippen molar-refractivity contribution in [2.75, 3.05) is 18.0 Å². The van der Waals surface area contributed by atoms with Crippen molar-refractivity contribution >= 4 is 46.6 Å². The highest BCUT2D eigenvalue weighted by Gasteiger charge is 2.20. The minimum atomic E-state index is -1.19. The molecule has 0 aliphatic carbocycles. The first-order valence-corrected chi connectivity index (χ1v) is 12.8. The molecule has 2 aromatic heterocycles. The van der Waals surface area contributed by atoms with Gasteiger partial charge >= 0.3 is 11.9 Å². The number of fused-ring (bicyclic) bond motifs is 1. The minimum absolute atomic E-state index is 0.0640. The van der Waals surface area contributed by atoms with Crippen LogP contribution in [0, 0.1) is 0 Å². The quantitative estimate of drug-likeness (QED) is 0.125. The van der Waals surface area contributed by atoms with Gasteiger partial charge in [0.1, 0.15) is 17.5 Å². The highest BCUT2D eigenvalue weighted by Crippen LogP contribution is 2.24. The Morgan fingerprint density at radius 2 is 1.49 bits per heavy atom. The summed E-state index contributed by atoms with van der Waals surface area (Å²) in [6.07, 6.45) is 3.51. The lowest BCUT2D eigenvalue weighted by Gasteiger charge is -2.15. The van der Waals surface area contributed by atoms with Crippen LogP contribution in [-0.2, 0) is 17.6 Å². The number of nitrogens with two attached hydrogens (primary N) is 2. The van der Waals surface area contributed by atoms with Crippen LogP contribution in [-0.4, -0.2) is 61.5 Å². The Bertz CT molecular complexity index is 1580. The van der Waals surface area contributed by atoms with E-state index in [9.17, 15) is 24.3 Å². The predicted octanol–water partition coefficient (Wildman–Crippen LogP) is 2.00. The lowest BCUT2D eigenvalue weighted by molar-refractivity contribution is -0.139. The molecule has 41 heavy (non-hydrogen) atoms. The standard InChI is InChI=1S/C28H29N7O6/c29-22-21-19(14-32-23(21)35-28(30)34-22)8-5-15-3-6-17(7-4-15)25(37)33-20(27(40)41)2-1-13-31-24(36)16-9-11-18(12-10-16)26(38)39/h3-4,6-7,9-12,14,20H,1-2,5,8,13H2,(H,31,36)(H,33,37)(H,38,39)(H,40,41)(H5,29,30,32,34,35)/t20-/m0/s1. The number of H-pyrrole nitrogens is 1. The summed E-state index contributed by atoms with van der Waals surface area (Å²) in [6, 6.07) is 11.2. The van der Waals surface area contributed by atoms with Crippen molar-refractivity contribution in [1.82, 2.24) is 25.6 Å². The largest absolute Gasteiger partial charge is 0.480 e. The molecule has 4 rings (SSSR count). The molecule has 212 valence electrons. The molecular weight excluding hydrogens is 530 g/mol. The number of aromatic carboxylic acids is 1. The van der Waals surface area contributed by atoms with Gasteiger partial charge in [-0.25, -0.2) is 9.59 Å². The topological polar surface area (TPSA) is 226 Å². The van der Waals surface area contributed by atoms with E-state index in [4.69, 9.17) is 16.6 Å². The van der Waals surface area contributed by atoms with Gasteiger partial charge in [-0.05, 0) is 73.2 Å². The second-order valence-corrected chi connectivity index (χ2v) is 9.35. The van der Waals surface area contributed by atoms with Crippen LogP contribution in [0.1, 0.15) is 55.0 Å². The molecule has 4 aromatic rings. The summed E-state index contributed by atoms with van der Waals surface area (Å²) >= 11 is 0. The zero-order valence-corrected chi connectivity index (χ0v) is 21.9. The van der Waals surface area contributed by atoms with Crippen LogP contribution < -0.4 is 22.1 Å². The number of nitrogen functional groups attached to an aromatic ring is 2. The number of rotatable bonds is 12. The van der Waals surface area contributed by atoms with Crippen molar-refractivity contribution in [2.45, 2.75) is 31.7 Å². The van der Waals surface area contributed by atoms with Gasteiger partial charge in [-0.15, -0.1) is 0 Å². The van der Waals surface area contributed by atoms with Gasteiger partial charge in [0.2, 0.25) is 5.95 Å². The van der Waals surface area contributed by atoms with E-state index in [0.717, 1.165) is 16.5 Å². The maximum absolute atomic E-state index is 12.7. The molecule has 0 unspecified atom stereocenters. The van der Waals surface area contributed by atoms with Crippen molar-refractivity contribution in [3.05, 3.63) is 82.5 Å². The normalized spacial score (nSPS) is 11.6. The van der Waals surface area contributed by atoms with Crippen LogP contribution in [0.25, 0.3) is 11.0 Å². The molecule has 2 aromatic carbocycles.